The summed E-state index contributed by atoms with van der Waals surface area (Å²) in [4.78, 5) is 37.6. The first kappa shape index (κ1) is 21.9. The van der Waals surface area contributed by atoms with Crippen molar-refractivity contribution >= 4 is 11.8 Å². The first-order chi connectivity index (χ1) is 14.7. The maximum absolute atomic E-state index is 13.0. The van der Waals surface area contributed by atoms with E-state index in [9.17, 15) is 18.8 Å². The third kappa shape index (κ3) is 5.44. The van der Waals surface area contributed by atoms with Gasteiger partial charge in [-0.05, 0) is 43.7 Å². The van der Waals surface area contributed by atoms with Gasteiger partial charge in [-0.1, -0.05) is 12.1 Å². The predicted octanol–water partition coefficient (Wildman–Crippen LogP) is 1.84. The number of hydrogen-bond donors (Lipinski definition) is 2. The van der Waals surface area contributed by atoms with Crippen molar-refractivity contribution in [2.75, 3.05) is 0 Å². The maximum atomic E-state index is 13.0. The van der Waals surface area contributed by atoms with Crippen molar-refractivity contribution in [3.05, 3.63) is 87.3 Å². The van der Waals surface area contributed by atoms with Crippen molar-refractivity contribution in [1.82, 2.24) is 25.0 Å². The Kier molecular flexibility index (Phi) is 6.64. The molecule has 0 aliphatic heterocycles. The number of amides is 2. The summed E-state index contributed by atoms with van der Waals surface area (Å²) in [6.45, 7) is 3.62. The molecular formula is C22H24FN5O3. The maximum Gasteiger partial charge on any atom is 0.263 e. The number of benzene rings is 1. The molecular weight excluding hydrogens is 401 g/mol. The van der Waals surface area contributed by atoms with Crippen LogP contribution in [0.2, 0.25) is 0 Å². The number of hydrogen-bond acceptors (Lipinski definition) is 4. The van der Waals surface area contributed by atoms with Gasteiger partial charge in [0.15, 0.2) is 0 Å². The minimum absolute atomic E-state index is 0.0754. The van der Waals surface area contributed by atoms with E-state index in [0.717, 1.165) is 11.3 Å². The van der Waals surface area contributed by atoms with Gasteiger partial charge in [-0.2, -0.15) is 5.10 Å². The van der Waals surface area contributed by atoms with Crippen LogP contribution >= 0.6 is 0 Å². The van der Waals surface area contributed by atoms with Crippen molar-refractivity contribution < 1.29 is 14.0 Å². The fourth-order valence-corrected chi connectivity index (χ4v) is 3.28. The molecule has 0 unspecified atom stereocenters. The van der Waals surface area contributed by atoms with Crippen LogP contribution in [0.5, 0.6) is 0 Å². The highest BCUT2D eigenvalue weighted by Crippen LogP contribution is 2.15. The number of carbonyl (C=O) groups excluding carboxylic acids is 2. The van der Waals surface area contributed by atoms with Gasteiger partial charge in [0.2, 0.25) is 5.91 Å². The summed E-state index contributed by atoms with van der Waals surface area (Å²) in [5, 5.41) is 9.74. The zero-order valence-corrected chi connectivity index (χ0v) is 17.6. The molecule has 0 aliphatic carbocycles. The standard InChI is InChI=1S/C22H24FN5O3/c1-14(19-12-27(3)26-15(19)2)25-20(29)13-28-10-4-5-18(22(28)31)21(30)24-11-16-6-8-17(23)9-7-16/h4-10,12,14H,11,13H2,1-3H3,(H,24,30)(H,25,29)/t14-/m1/s1. The molecule has 9 heteroatoms. The van der Waals surface area contributed by atoms with Crippen LogP contribution < -0.4 is 16.2 Å². The van der Waals surface area contributed by atoms with Crippen LogP contribution in [-0.2, 0) is 24.9 Å². The average molecular weight is 425 g/mol. The fraction of sp³-hybridized carbons (Fsp3) is 0.273. The van der Waals surface area contributed by atoms with Crippen molar-refractivity contribution in [3.8, 4) is 0 Å². The number of aromatic nitrogens is 3. The van der Waals surface area contributed by atoms with E-state index in [4.69, 9.17) is 0 Å². The molecule has 0 aliphatic rings. The van der Waals surface area contributed by atoms with Gasteiger partial charge >= 0.3 is 0 Å². The molecule has 8 nitrogen and oxygen atoms in total. The normalized spacial score (nSPS) is 11.7. The number of pyridine rings is 1. The average Bonchev–Trinajstić information content (AvgIpc) is 3.07. The van der Waals surface area contributed by atoms with Gasteiger partial charge in [0.05, 0.1) is 11.7 Å². The molecule has 0 fully saturated rings. The third-order valence-corrected chi connectivity index (χ3v) is 4.84. The van der Waals surface area contributed by atoms with E-state index in [2.05, 4.69) is 15.7 Å². The lowest BCUT2D eigenvalue weighted by Gasteiger charge is -2.14. The van der Waals surface area contributed by atoms with Crippen LogP contribution in [0.15, 0.2) is 53.6 Å². The number of halogens is 1. The fourth-order valence-electron chi connectivity index (χ4n) is 3.28. The van der Waals surface area contributed by atoms with Crippen molar-refractivity contribution in [2.24, 2.45) is 7.05 Å². The Morgan fingerprint density at radius 2 is 1.90 bits per heavy atom. The van der Waals surface area contributed by atoms with E-state index in [0.29, 0.717) is 5.56 Å². The number of nitrogens with zero attached hydrogens (tertiary/aromatic N) is 3. The molecule has 2 aromatic heterocycles. The number of aryl methyl sites for hydroxylation is 2. The lowest BCUT2D eigenvalue weighted by molar-refractivity contribution is -0.122. The molecule has 0 radical (unpaired) electrons. The Hall–Kier alpha value is -3.75. The Balaban J connectivity index is 1.64. The van der Waals surface area contributed by atoms with Gasteiger partial charge in [-0.3, -0.25) is 19.1 Å². The molecule has 3 rings (SSSR count). The molecule has 0 spiro atoms. The minimum Gasteiger partial charge on any atom is -0.348 e. The van der Waals surface area contributed by atoms with Gasteiger partial charge in [-0.15, -0.1) is 0 Å². The summed E-state index contributed by atoms with van der Waals surface area (Å²) in [6.07, 6.45) is 3.29. The van der Waals surface area contributed by atoms with Crippen LogP contribution in [0.1, 0.15) is 40.1 Å². The monoisotopic (exact) mass is 425 g/mol. The van der Waals surface area contributed by atoms with Crippen LogP contribution in [0.4, 0.5) is 4.39 Å². The summed E-state index contributed by atoms with van der Waals surface area (Å²) >= 11 is 0. The molecule has 2 heterocycles. The molecule has 2 N–H and O–H groups in total. The van der Waals surface area contributed by atoms with E-state index < -0.39 is 11.5 Å². The van der Waals surface area contributed by atoms with Crippen LogP contribution in [0, 0.1) is 12.7 Å². The summed E-state index contributed by atoms with van der Waals surface area (Å²) in [5.41, 5.74) is 1.75. The smallest absolute Gasteiger partial charge is 0.263 e. The summed E-state index contributed by atoms with van der Waals surface area (Å²) in [6, 6.07) is 8.35. The highest BCUT2D eigenvalue weighted by atomic mass is 19.1. The molecule has 1 atom stereocenters. The Labute approximate surface area is 178 Å². The lowest BCUT2D eigenvalue weighted by Crippen LogP contribution is -2.37. The SMILES string of the molecule is Cc1nn(C)cc1[C@@H](C)NC(=O)Cn1cccc(C(=O)NCc2ccc(F)cc2)c1=O. The molecule has 0 saturated heterocycles. The molecule has 3 aromatic rings. The van der Waals surface area contributed by atoms with Crippen molar-refractivity contribution in [2.45, 2.75) is 33.0 Å². The van der Waals surface area contributed by atoms with E-state index >= 15 is 0 Å². The zero-order valence-electron chi connectivity index (χ0n) is 17.6. The molecule has 1 aromatic carbocycles. The van der Waals surface area contributed by atoms with E-state index in [1.54, 1.807) is 23.9 Å². The van der Waals surface area contributed by atoms with E-state index in [1.165, 1.54) is 35.0 Å². The van der Waals surface area contributed by atoms with E-state index in [-0.39, 0.29) is 36.4 Å². The zero-order chi connectivity index (χ0) is 22.5. The van der Waals surface area contributed by atoms with Gasteiger partial charge in [-0.25, -0.2) is 4.39 Å². The van der Waals surface area contributed by atoms with E-state index in [1.807, 2.05) is 20.0 Å². The second-order valence-corrected chi connectivity index (χ2v) is 7.30. The van der Waals surface area contributed by atoms with Gasteiger partial charge in [0.25, 0.3) is 11.5 Å². The summed E-state index contributed by atoms with van der Waals surface area (Å²) in [5.74, 6) is -1.29. The van der Waals surface area contributed by atoms with Crippen molar-refractivity contribution in [1.29, 1.82) is 0 Å². The van der Waals surface area contributed by atoms with Crippen molar-refractivity contribution in [3.63, 3.8) is 0 Å². The predicted molar refractivity (Wildman–Crippen MR) is 113 cm³/mol. The number of carbonyl (C=O) groups is 2. The Morgan fingerprint density at radius 1 is 1.19 bits per heavy atom. The van der Waals surface area contributed by atoms with Gasteiger partial charge in [0, 0.05) is 31.5 Å². The number of rotatable bonds is 7. The highest BCUT2D eigenvalue weighted by Gasteiger charge is 2.17. The van der Waals surface area contributed by atoms with Crippen LogP contribution in [0.3, 0.4) is 0 Å². The molecule has 2 amide bonds. The first-order valence-corrected chi connectivity index (χ1v) is 9.76. The Morgan fingerprint density at radius 3 is 2.55 bits per heavy atom. The minimum atomic E-state index is -0.570. The number of nitrogens with one attached hydrogen (secondary N) is 2. The molecule has 162 valence electrons. The van der Waals surface area contributed by atoms with Gasteiger partial charge in [0.1, 0.15) is 17.9 Å². The van der Waals surface area contributed by atoms with Gasteiger partial charge < -0.3 is 15.2 Å². The summed E-state index contributed by atoms with van der Waals surface area (Å²) in [7, 11) is 1.80. The van der Waals surface area contributed by atoms with Crippen LogP contribution in [0.25, 0.3) is 0 Å². The quantitative estimate of drug-likeness (QED) is 0.604. The lowest BCUT2D eigenvalue weighted by atomic mass is 10.1. The first-order valence-electron chi connectivity index (χ1n) is 9.76. The third-order valence-electron chi connectivity index (χ3n) is 4.84. The highest BCUT2D eigenvalue weighted by molar-refractivity contribution is 5.93. The second-order valence-electron chi connectivity index (χ2n) is 7.30. The molecule has 0 saturated carbocycles. The largest absolute Gasteiger partial charge is 0.348 e. The molecule has 31 heavy (non-hydrogen) atoms. The second kappa shape index (κ2) is 9.38. The molecule has 0 bridgehead atoms. The van der Waals surface area contributed by atoms with Crippen LogP contribution in [-0.4, -0.2) is 26.2 Å². The summed E-state index contributed by atoms with van der Waals surface area (Å²) < 4.78 is 15.8. The topological polar surface area (TPSA) is 98.0 Å². The Bertz CT molecular complexity index is 1150.